The molecule has 2 aromatic heterocycles. The fraction of sp³-hybridized carbons (Fsp3) is 0. The van der Waals surface area contributed by atoms with Gasteiger partial charge in [0.05, 0.1) is 22.2 Å². The first kappa shape index (κ1) is 24.9. The molecule has 0 bridgehead atoms. The van der Waals surface area contributed by atoms with Crippen molar-refractivity contribution in [1.82, 2.24) is 14.5 Å². The quantitative estimate of drug-likeness (QED) is 0.186. The second-order valence-electron chi connectivity index (χ2n) is 12.5. The lowest BCUT2D eigenvalue weighted by Crippen LogP contribution is -2.03. The minimum Gasteiger partial charge on any atom is -0.278 e. The van der Waals surface area contributed by atoms with Crippen LogP contribution < -0.4 is 0 Å². The number of aromatic nitrogens is 3. The molecule has 0 unspecified atom stereocenters. The lowest BCUT2D eigenvalue weighted by atomic mass is 9.84. The molecular weight excluding hydrogens is 571 g/mol. The molecule has 8 aromatic carbocycles. The van der Waals surface area contributed by atoms with Gasteiger partial charge in [-0.25, -0.2) is 9.97 Å². The smallest absolute Gasteiger partial charge is 0.235 e. The van der Waals surface area contributed by atoms with Crippen molar-refractivity contribution in [3.8, 4) is 39.5 Å². The molecule has 0 radical (unpaired) electrons. The van der Waals surface area contributed by atoms with E-state index in [0.717, 1.165) is 33.2 Å². The zero-order valence-electron chi connectivity index (χ0n) is 25.3. The van der Waals surface area contributed by atoms with Gasteiger partial charge in [-0.3, -0.25) is 4.57 Å². The Labute approximate surface area is 270 Å². The van der Waals surface area contributed by atoms with Crippen LogP contribution >= 0.6 is 0 Å². The summed E-state index contributed by atoms with van der Waals surface area (Å²) in [6.07, 6.45) is 0. The number of rotatable bonds is 2. The van der Waals surface area contributed by atoms with Gasteiger partial charge in [-0.05, 0) is 72.8 Å². The fourth-order valence-electron chi connectivity index (χ4n) is 8.24. The highest BCUT2D eigenvalue weighted by molar-refractivity contribution is 6.35. The summed E-state index contributed by atoms with van der Waals surface area (Å²) in [5, 5.41) is 11.2. The van der Waals surface area contributed by atoms with Crippen LogP contribution in [-0.2, 0) is 0 Å². The maximum absolute atomic E-state index is 5.35. The fourth-order valence-corrected chi connectivity index (χ4v) is 8.24. The third-order valence-electron chi connectivity index (χ3n) is 10.1. The van der Waals surface area contributed by atoms with Gasteiger partial charge in [0, 0.05) is 21.7 Å². The van der Waals surface area contributed by atoms with Gasteiger partial charge in [0.1, 0.15) is 0 Å². The highest BCUT2D eigenvalue weighted by Crippen LogP contribution is 2.53. The first-order chi connectivity index (χ1) is 23.3. The summed E-state index contributed by atoms with van der Waals surface area (Å²) in [4.78, 5) is 10.6. The average Bonchev–Trinajstić information content (AvgIpc) is 3.42. The predicted molar refractivity (Wildman–Crippen MR) is 196 cm³/mol. The van der Waals surface area contributed by atoms with Crippen LogP contribution in [0.3, 0.4) is 0 Å². The van der Waals surface area contributed by atoms with Gasteiger partial charge >= 0.3 is 0 Å². The number of nitrogens with zero attached hydrogens (tertiary/aromatic N) is 3. The third-order valence-corrected chi connectivity index (χ3v) is 10.1. The Morgan fingerprint density at radius 1 is 0.383 bits per heavy atom. The van der Waals surface area contributed by atoms with Gasteiger partial charge in [-0.15, -0.1) is 0 Å². The molecule has 0 spiro atoms. The molecule has 1 aliphatic rings. The number of hydrogen-bond acceptors (Lipinski definition) is 2. The second-order valence-corrected chi connectivity index (χ2v) is 12.5. The minimum atomic E-state index is 0.681. The van der Waals surface area contributed by atoms with Crippen LogP contribution in [0.2, 0.25) is 0 Å². The number of para-hydroxylation sites is 1. The molecule has 3 heteroatoms. The van der Waals surface area contributed by atoms with E-state index in [9.17, 15) is 0 Å². The molecule has 216 valence electrons. The molecule has 0 amide bonds. The molecule has 0 atom stereocenters. The largest absolute Gasteiger partial charge is 0.278 e. The zero-order valence-corrected chi connectivity index (χ0v) is 25.3. The van der Waals surface area contributed by atoms with E-state index >= 15 is 0 Å². The minimum absolute atomic E-state index is 0.681. The van der Waals surface area contributed by atoms with Crippen LogP contribution in [0.25, 0.3) is 104 Å². The molecule has 10 aromatic rings. The Morgan fingerprint density at radius 2 is 0.979 bits per heavy atom. The van der Waals surface area contributed by atoms with Crippen molar-refractivity contribution in [2.24, 2.45) is 0 Å². The van der Waals surface area contributed by atoms with Crippen molar-refractivity contribution in [2.45, 2.75) is 0 Å². The van der Waals surface area contributed by atoms with Crippen LogP contribution in [0.15, 0.2) is 152 Å². The summed E-state index contributed by atoms with van der Waals surface area (Å²) in [6.45, 7) is 0. The number of benzene rings is 8. The van der Waals surface area contributed by atoms with Crippen LogP contribution in [0.1, 0.15) is 0 Å². The summed E-state index contributed by atoms with van der Waals surface area (Å²) in [6, 6.07) is 54.6. The molecule has 3 nitrogen and oxygen atoms in total. The SMILES string of the molecule is c1ccc(-c2nc(-n3c4cccc5c4c4c6c(cccc6ccc43)-c3c-5c4ccccc4c4ccccc34)nc3ccccc23)cc1. The summed E-state index contributed by atoms with van der Waals surface area (Å²) in [7, 11) is 0. The van der Waals surface area contributed by atoms with E-state index in [1.54, 1.807) is 0 Å². The van der Waals surface area contributed by atoms with Crippen molar-refractivity contribution in [3.63, 3.8) is 0 Å². The summed E-state index contributed by atoms with van der Waals surface area (Å²) in [5.41, 5.74) is 10.3. The van der Waals surface area contributed by atoms with E-state index in [2.05, 4.69) is 150 Å². The van der Waals surface area contributed by atoms with E-state index in [1.165, 1.54) is 65.3 Å². The molecule has 0 saturated heterocycles. The predicted octanol–water partition coefficient (Wildman–Crippen LogP) is 11.5. The lowest BCUT2D eigenvalue weighted by Gasteiger charge is -2.19. The monoisotopic (exact) mass is 595 g/mol. The molecule has 0 N–H and O–H groups in total. The van der Waals surface area contributed by atoms with Crippen LogP contribution in [0.5, 0.6) is 0 Å². The number of fused-ring (bicyclic) bond motifs is 9. The molecular formula is C44H25N3. The van der Waals surface area contributed by atoms with Gasteiger partial charge in [-0.2, -0.15) is 0 Å². The van der Waals surface area contributed by atoms with Crippen LogP contribution in [-0.4, -0.2) is 14.5 Å². The van der Waals surface area contributed by atoms with Crippen molar-refractivity contribution < 1.29 is 0 Å². The van der Waals surface area contributed by atoms with Gasteiger partial charge in [0.25, 0.3) is 0 Å². The van der Waals surface area contributed by atoms with Crippen molar-refractivity contribution >= 4 is 65.0 Å². The maximum atomic E-state index is 5.35. The Kier molecular flexibility index (Phi) is 4.84. The van der Waals surface area contributed by atoms with Gasteiger partial charge in [0.15, 0.2) is 0 Å². The van der Waals surface area contributed by atoms with E-state index in [1.807, 2.05) is 6.07 Å². The second kappa shape index (κ2) is 9.12. The molecule has 47 heavy (non-hydrogen) atoms. The Hall–Kier alpha value is -6.32. The molecule has 11 rings (SSSR count). The van der Waals surface area contributed by atoms with Crippen LogP contribution in [0, 0.1) is 0 Å². The highest BCUT2D eigenvalue weighted by Gasteiger charge is 2.28. The van der Waals surface area contributed by atoms with E-state index in [0.29, 0.717) is 5.95 Å². The summed E-state index contributed by atoms with van der Waals surface area (Å²) < 4.78 is 2.29. The molecule has 0 aliphatic heterocycles. The molecule has 1 aliphatic carbocycles. The van der Waals surface area contributed by atoms with E-state index < -0.39 is 0 Å². The summed E-state index contributed by atoms with van der Waals surface area (Å²) in [5.74, 6) is 0.681. The molecule has 0 fully saturated rings. The van der Waals surface area contributed by atoms with Crippen molar-refractivity contribution in [3.05, 3.63) is 152 Å². The lowest BCUT2D eigenvalue weighted by molar-refractivity contribution is 1.01. The first-order valence-corrected chi connectivity index (χ1v) is 16.1. The van der Waals surface area contributed by atoms with E-state index in [4.69, 9.17) is 9.97 Å². The number of hydrogen-bond donors (Lipinski definition) is 0. The molecule has 0 saturated carbocycles. The summed E-state index contributed by atoms with van der Waals surface area (Å²) >= 11 is 0. The van der Waals surface area contributed by atoms with Crippen molar-refractivity contribution in [2.75, 3.05) is 0 Å². The molecule has 2 heterocycles. The van der Waals surface area contributed by atoms with Gasteiger partial charge in [0.2, 0.25) is 5.95 Å². The average molecular weight is 596 g/mol. The van der Waals surface area contributed by atoms with Crippen molar-refractivity contribution in [1.29, 1.82) is 0 Å². The highest BCUT2D eigenvalue weighted by atomic mass is 15.2. The van der Waals surface area contributed by atoms with Gasteiger partial charge in [-0.1, -0.05) is 133 Å². The third kappa shape index (κ3) is 3.25. The zero-order chi connectivity index (χ0) is 30.6. The first-order valence-electron chi connectivity index (χ1n) is 16.1. The standard InChI is InChI=1S/C44H25N3/c1-2-12-27(13-3-1)43-32-19-8-9-22-35(32)45-44(46-43)47-36-23-11-21-34-40-31-18-7-5-16-29(31)28-15-4-6-17-30(28)39(40)33-20-10-14-26-24-25-37(47)42(38(26)33)41(34)36/h1-25H. The van der Waals surface area contributed by atoms with E-state index in [-0.39, 0.29) is 0 Å². The Balaban J connectivity index is 1.37. The van der Waals surface area contributed by atoms with Crippen LogP contribution in [0.4, 0.5) is 0 Å². The topological polar surface area (TPSA) is 30.7 Å². The Morgan fingerprint density at radius 3 is 1.72 bits per heavy atom. The Bertz CT molecular complexity index is 2950. The van der Waals surface area contributed by atoms with Gasteiger partial charge < -0.3 is 0 Å². The maximum Gasteiger partial charge on any atom is 0.235 e. The normalized spacial score (nSPS) is 12.3.